The third-order valence-electron chi connectivity index (χ3n) is 7.34. The number of fused-ring (bicyclic) bond motifs is 1. The minimum Gasteiger partial charge on any atom is -0.506 e. The average molecular weight is 552 g/mol. The van der Waals surface area contributed by atoms with Crippen LogP contribution in [-0.4, -0.2) is 57.6 Å². The van der Waals surface area contributed by atoms with E-state index < -0.39 is 6.09 Å². The summed E-state index contributed by atoms with van der Waals surface area (Å²) < 4.78 is 6.34. The predicted molar refractivity (Wildman–Crippen MR) is 154 cm³/mol. The standard InChI is InChI=1S/C30H37N3O5S/c1-2-26(35)33(24-13-9-4-3-5-10-14-24)20-19-32(30(37)38-21-22-11-7-6-8-12-22)18-17-23-15-16-25(34)27-28(23)39-29(36)31-27/h2,6-8,11-12,15-16,24,34H,1,3-5,9-10,13-14,17-21H2,(H,31,36). The number of hydrogen-bond acceptors (Lipinski definition) is 6. The summed E-state index contributed by atoms with van der Waals surface area (Å²) in [6.45, 7) is 4.90. The van der Waals surface area contributed by atoms with Crippen LogP contribution in [0.3, 0.4) is 0 Å². The van der Waals surface area contributed by atoms with Crippen molar-refractivity contribution in [2.45, 2.75) is 64.0 Å². The number of phenolic OH excluding ortho intramolecular Hbond substituents is 1. The summed E-state index contributed by atoms with van der Waals surface area (Å²) in [6.07, 6.45) is 9.04. The predicted octanol–water partition coefficient (Wildman–Crippen LogP) is 5.60. The van der Waals surface area contributed by atoms with Crippen molar-refractivity contribution in [2.24, 2.45) is 0 Å². The molecule has 9 heteroatoms. The van der Waals surface area contributed by atoms with Gasteiger partial charge in [-0.1, -0.05) is 86.4 Å². The van der Waals surface area contributed by atoms with Crippen molar-refractivity contribution in [3.05, 3.63) is 75.9 Å². The first-order chi connectivity index (χ1) is 19.0. The van der Waals surface area contributed by atoms with Gasteiger partial charge in [-0.05, 0) is 42.5 Å². The maximum Gasteiger partial charge on any atom is 0.410 e. The first kappa shape index (κ1) is 28.4. The number of benzene rings is 2. The average Bonchev–Trinajstić information content (AvgIpc) is 3.33. The molecule has 0 saturated heterocycles. The highest BCUT2D eigenvalue weighted by Crippen LogP contribution is 2.28. The lowest BCUT2D eigenvalue weighted by Gasteiger charge is -2.34. The monoisotopic (exact) mass is 551 g/mol. The van der Waals surface area contributed by atoms with E-state index in [4.69, 9.17) is 4.74 Å². The van der Waals surface area contributed by atoms with E-state index in [9.17, 15) is 19.5 Å². The van der Waals surface area contributed by atoms with Gasteiger partial charge in [0.2, 0.25) is 5.91 Å². The van der Waals surface area contributed by atoms with Crippen molar-refractivity contribution in [2.75, 3.05) is 19.6 Å². The zero-order valence-corrected chi connectivity index (χ0v) is 23.1. The fourth-order valence-corrected chi connectivity index (χ4v) is 6.09. The maximum absolute atomic E-state index is 13.3. The van der Waals surface area contributed by atoms with Gasteiger partial charge < -0.3 is 24.6 Å². The summed E-state index contributed by atoms with van der Waals surface area (Å²) in [7, 11) is 0. The molecule has 2 aromatic carbocycles. The number of nitrogens with zero attached hydrogens (tertiary/aromatic N) is 2. The fourth-order valence-electron chi connectivity index (χ4n) is 5.20. The lowest BCUT2D eigenvalue weighted by molar-refractivity contribution is -0.129. The van der Waals surface area contributed by atoms with Crippen LogP contribution in [0, 0.1) is 0 Å². The highest BCUT2D eigenvalue weighted by molar-refractivity contribution is 7.16. The number of thiazole rings is 1. The number of carbonyl (C=O) groups is 2. The number of H-pyrrole nitrogens is 1. The number of carbonyl (C=O) groups excluding carboxylic acids is 2. The topological polar surface area (TPSA) is 103 Å². The Balaban J connectivity index is 1.50. The molecule has 39 heavy (non-hydrogen) atoms. The second kappa shape index (κ2) is 14.0. The van der Waals surface area contributed by atoms with E-state index in [0.29, 0.717) is 36.3 Å². The lowest BCUT2D eigenvalue weighted by atomic mass is 9.95. The number of aromatic nitrogens is 1. The second-order valence-electron chi connectivity index (χ2n) is 9.97. The number of aromatic amines is 1. The molecule has 1 fully saturated rings. The van der Waals surface area contributed by atoms with Crippen LogP contribution in [0.15, 0.2) is 59.9 Å². The molecule has 1 saturated carbocycles. The molecule has 8 nitrogen and oxygen atoms in total. The SMILES string of the molecule is C=CC(=O)N(CCN(CCc1ccc(O)c2[nH]c(=O)sc12)C(=O)OCc1ccccc1)C1CCCCCCC1. The largest absolute Gasteiger partial charge is 0.506 e. The molecule has 0 unspecified atom stereocenters. The minimum atomic E-state index is -0.459. The first-order valence-corrected chi connectivity index (χ1v) is 14.5. The Morgan fingerprint density at radius 2 is 1.74 bits per heavy atom. The third kappa shape index (κ3) is 7.72. The quantitative estimate of drug-likeness (QED) is 0.319. The summed E-state index contributed by atoms with van der Waals surface area (Å²) in [5, 5.41) is 10.1. The smallest absolute Gasteiger partial charge is 0.410 e. The summed E-state index contributed by atoms with van der Waals surface area (Å²) in [5.74, 6) is -0.0977. The Morgan fingerprint density at radius 3 is 2.46 bits per heavy atom. The number of amides is 2. The molecule has 4 rings (SSSR count). The van der Waals surface area contributed by atoms with Crippen molar-refractivity contribution < 1.29 is 19.4 Å². The van der Waals surface area contributed by atoms with Gasteiger partial charge in [0.1, 0.15) is 17.9 Å². The van der Waals surface area contributed by atoms with Gasteiger partial charge in [0, 0.05) is 25.7 Å². The minimum absolute atomic E-state index is 0.0176. The second-order valence-corrected chi connectivity index (χ2v) is 11.0. The van der Waals surface area contributed by atoms with Crippen LogP contribution < -0.4 is 4.87 Å². The molecular weight excluding hydrogens is 514 g/mol. The molecule has 2 N–H and O–H groups in total. The molecule has 0 atom stereocenters. The number of phenols is 1. The Morgan fingerprint density at radius 1 is 1.03 bits per heavy atom. The summed E-state index contributed by atoms with van der Waals surface area (Å²) in [4.78, 5) is 44.0. The van der Waals surface area contributed by atoms with Gasteiger partial charge in [-0.15, -0.1) is 0 Å². The van der Waals surface area contributed by atoms with Gasteiger partial charge in [0.25, 0.3) is 0 Å². The lowest BCUT2D eigenvalue weighted by Crippen LogP contribution is -2.46. The summed E-state index contributed by atoms with van der Waals surface area (Å²) in [5.41, 5.74) is 2.15. The Hall–Kier alpha value is -3.59. The molecule has 1 aromatic heterocycles. The van der Waals surface area contributed by atoms with Crippen LogP contribution in [0.1, 0.15) is 56.1 Å². The van der Waals surface area contributed by atoms with E-state index in [1.165, 1.54) is 25.3 Å². The van der Waals surface area contributed by atoms with E-state index in [0.717, 1.165) is 48.1 Å². The molecule has 1 aliphatic rings. The molecule has 0 spiro atoms. The van der Waals surface area contributed by atoms with Gasteiger partial charge in [-0.2, -0.15) is 0 Å². The van der Waals surface area contributed by atoms with Crippen LogP contribution in [0.2, 0.25) is 0 Å². The highest BCUT2D eigenvalue weighted by Gasteiger charge is 2.25. The summed E-state index contributed by atoms with van der Waals surface area (Å²) >= 11 is 1.04. The number of nitrogens with one attached hydrogen (secondary N) is 1. The van der Waals surface area contributed by atoms with Gasteiger partial charge in [0.05, 0.1) is 4.70 Å². The van der Waals surface area contributed by atoms with Crippen LogP contribution in [0.4, 0.5) is 4.79 Å². The van der Waals surface area contributed by atoms with E-state index in [2.05, 4.69) is 11.6 Å². The Labute approximate surface area is 232 Å². The first-order valence-electron chi connectivity index (χ1n) is 13.7. The molecule has 0 radical (unpaired) electrons. The van der Waals surface area contributed by atoms with E-state index in [1.807, 2.05) is 35.2 Å². The number of aromatic hydroxyl groups is 1. The van der Waals surface area contributed by atoms with Crippen LogP contribution in [0.25, 0.3) is 10.2 Å². The van der Waals surface area contributed by atoms with Crippen molar-refractivity contribution >= 4 is 33.6 Å². The zero-order valence-electron chi connectivity index (χ0n) is 22.3. The highest BCUT2D eigenvalue weighted by atomic mass is 32.1. The fraction of sp³-hybridized carbons (Fsp3) is 0.433. The van der Waals surface area contributed by atoms with Crippen molar-refractivity contribution in [3.63, 3.8) is 0 Å². The number of ether oxygens (including phenoxy) is 1. The third-order valence-corrected chi connectivity index (χ3v) is 8.30. The normalized spacial score (nSPS) is 14.4. The molecular formula is C30H37N3O5S. The molecule has 3 aromatic rings. The van der Waals surface area contributed by atoms with Gasteiger partial charge in [-0.25, -0.2) is 4.79 Å². The number of hydrogen-bond donors (Lipinski definition) is 2. The van der Waals surface area contributed by atoms with Crippen LogP contribution in [0.5, 0.6) is 5.75 Å². The molecule has 208 valence electrons. The van der Waals surface area contributed by atoms with Crippen molar-refractivity contribution in [1.82, 2.24) is 14.8 Å². The van der Waals surface area contributed by atoms with E-state index >= 15 is 0 Å². The molecule has 1 aliphatic carbocycles. The maximum atomic E-state index is 13.3. The molecule has 1 heterocycles. The number of rotatable bonds is 10. The van der Waals surface area contributed by atoms with E-state index in [1.54, 1.807) is 17.0 Å². The van der Waals surface area contributed by atoms with Crippen molar-refractivity contribution in [3.8, 4) is 5.75 Å². The van der Waals surface area contributed by atoms with Gasteiger partial charge in [0.15, 0.2) is 0 Å². The Bertz CT molecular complexity index is 1310. The van der Waals surface area contributed by atoms with Crippen LogP contribution in [-0.2, 0) is 22.6 Å². The van der Waals surface area contributed by atoms with Crippen LogP contribution >= 0.6 is 11.3 Å². The Kier molecular flexibility index (Phi) is 10.2. The molecule has 2 amide bonds. The van der Waals surface area contributed by atoms with Crippen molar-refractivity contribution in [1.29, 1.82) is 0 Å². The zero-order chi connectivity index (χ0) is 27.6. The van der Waals surface area contributed by atoms with Gasteiger partial charge >= 0.3 is 11.0 Å². The van der Waals surface area contributed by atoms with E-state index in [-0.39, 0.29) is 29.2 Å². The molecule has 0 bridgehead atoms. The summed E-state index contributed by atoms with van der Waals surface area (Å²) in [6, 6.07) is 13.0. The molecule has 0 aliphatic heterocycles. The van der Waals surface area contributed by atoms with Gasteiger partial charge in [-0.3, -0.25) is 9.59 Å².